The van der Waals surface area contributed by atoms with Crippen molar-refractivity contribution in [2.45, 2.75) is 31.7 Å². The Hall–Kier alpha value is -2.11. The third-order valence-corrected chi connectivity index (χ3v) is 3.58. The molecule has 1 aliphatic carbocycles. The number of carbonyl (C=O) groups is 2. The van der Waals surface area contributed by atoms with Crippen molar-refractivity contribution in [2.75, 3.05) is 13.2 Å². The molecule has 0 aliphatic heterocycles. The van der Waals surface area contributed by atoms with Crippen LogP contribution in [-0.4, -0.2) is 41.1 Å². The predicted octanol–water partition coefficient (Wildman–Crippen LogP) is 2.06. The average molecular weight is 295 g/mol. The first-order valence-electron chi connectivity index (χ1n) is 6.96. The lowest BCUT2D eigenvalue weighted by Gasteiger charge is -2.27. The molecule has 0 aromatic heterocycles. The quantitative estimate of drug-likeness (QED) is 0.872. The van der Waals surface area contributed by atoms with Crippen LogP contribution >= 0.6 is 0 Å². The summed E-state index contributed by atoms with van der Waals surface area (Å²) in [5, 5.41) is 8.93. The van der Waals surface area contributed by atoms with Crippen LogP contribution in [0.1, 0.15) is 25.7 Å². The molecule has 0 unspecified atom stereocenters. The highest BCUT2D eigenvalue weighted by Crippen LogP contribution is 2.24. The van der Waals surface area contributed by atoms with E-state index in [9.17, 15) is 14.0 Å². The van der Waals surface area contributed by atoms with E-state index in [1.807, 2.05) is 0 Å². The van der Waals surface area contributed by atoms with Gasteiger partial charge in [-0.2, -0.15) is 0 Å². The van der Waals surface area contributed by atoms with Gasteiger partial charge < -0.3 is 14.7 Å². The van der Waals surface area contributed by atoms with Crippen LogP contribution in [0.2, 0.25) is 0 Å². The second kappa shape index (κ2) is 7.06. The third kappa shape index (κ3) is 4.18. The summed E-state index contributed by atoms with van der Waals surface area (Å²) in [6.07, 6.45) is 3.59. The SMILES string of the molecule is O=C(O)CN(C(=O)COc1ccccc1F)C1CCCC1. The number of hydrogen-bond donors (Lipinski definition) is 1. The molecule has 5 nitrogen and oxygen atoms in total. The van der Waals surface area contributed by atoms with Crippen molar-refractivity contribution in [3.63, 3.8) is 0 Å². The van der Waals surface area contributed by atoms with Gasteiger partial charge >= 0.3 is 5.97 Å². The fourth-order valence-corrected chi connectivity index (χ4v) is 2.57. The third-order valence-electron chi connectivity index (χ3n) is 3.58. The van der Waals surface area contributed by atoms with E-state index in [2.05, 4.69) is 0 Å². The van der Waals surface area contributed by atoms with Gasteiger partial charge in [-0.25, -0.2) is 4.39 Å². The summed E-state index contributed by atoms with van der Waals surface area (Å²) in [6.45, 7) is -0.700. The molecule has 2 rings (SSSR count). The van der Waals surface area contributed by atoms with Crippen molar-refractivity contribution in [1.82, 2.24) is 4.90 Å². The van der Waals surface area contributed by atoms with Crippen molar-refractivity contribution in [1.29, 1.82) is 0 Å². The van der Waals surface area contributed by atoms with Gasteiger partial charge in [0.05, 0.1) is 0 Å². The minimum Gasteiger partial charge on any atom is -0.481 e. The summed E-state index contributed by atoms with van der Waals surface area (Å²) in [4.78, 5) is 24.4. The number of hydrogen-bond acceptors (Lipinski definition) is 3. The molecule has 0 saturated heterocycles. The number of amides is 1. The van der Waals surface area contributed by atoms with Gasteiger partial charge in [-0.3, -0.25) is 9.59 Å². The maximum atomic E-state index is 13.4. The van der Waals surface area contributed by atoms with Crippen LogP contribution in [0.5, 0.6) is 5.75 Å². The Morgan fingerprint density at radius 2 is 1.95 bits per heavy atom. The number of carboxylic acid groups (broad SMARTS) is 1. The minimum atomic E-state index is -1.05. The van der Waals surface area contributed by atoms with E-state index in [1.165, 1.54) is 23.1 Å². The summed E-state index contributed by atoms with van der Waals surface area (Å²) in [7, 11) is 0. The molecular weight excluding hydrogens is 277 g/mol. The molecule has 21 heavy (non-hydrogen) atoms. The Kier molecular flexibility index (Phi) is 5.14. The maximum Gasteiger partial charge on any atom is 0.323 e. The summed E-state index contributed by atoms with van der Waals surface area (Å²) < 4.78 is 18.6. The van der Waals surface area contributed by atoms with Crippen molar-refractivity contribution in [2.24, 2.45) is 0 Å². The highest BCUT2D eigenvalue weighted by Gasteiger charge is 2.28. The Morgan fingerprint density at radius 3 is 2.57 bits per heavy atom. The second-order valence-corrected chi connectivity index (χ2v) is 5.07. The van der Waals surface area contributed by atoms with Crippen LogP contribution in [-0.2, 0) is 9.59 Å². The number of halogens is 1. The Morgan fingerprint density at radius 1 is 1.29 bits per heavy atom. The zero-order valence-corrected chi connectivity index (χ0v) is 11.6. The van der Waals surface area contributed by atoms with Crippen molar-refractivity contribution in [3.8, 4) is 5.75 Å². The van der Waals surface area contributed by atoms with E-state index in [-0.39, 0.29) is 24.9 Å². The number of aliphatic carboxylic acids is 1. The molecular formula is C15H18FNO4. The standard InChI is InChI=1S/C15H18FNO4/c16-12-7-3-4-8-13(12)21-10-14(18)17(9-15(19)20)11-5-1-2-6-11/h3-4,7-8,11H,1-2,5-6,9-10H2,(H,19,20). The van der Waals surface area contributed by atoms with Crippen LogP contribution < -0.4 is 4.74 Å². The molecule has 0 bridgehead atoms. The predicted molar refractivity (Wildman–Crippen MR) is 73.5 cm³/mol. The van der Waals surface area contributed by atoms with E-state index in [0.29, 0.717) is 0 Å². The molecule has 0 atom stereocenters. The van der Waals surface area contributed by atoms with Gasteiger partial charge in [0.25, 0.3) is 5.91 Å². The number of nitrogens with zero attached hydrogens (tertiary/aromatic N) is 1. The molecule has 0 spiro atoms. The molecule has 1 aromatic carbocycles. The molecule has 1 saturated carbocycles. The van der Waals surface area contributed by atoms with E-state index < -0.39 is 17.7 Å². The lowest BCUT2D eigenvalue weighted by Crippen LogP contribution is -2.44. The van der Waals surface area contributed by atoms with Crippen molar-refractivity contribution >= 4 is 11.9 Å². The fraction of sp³-hybridized carbons (Fsp3) is 0.467. The monoisotopic (exact) mass is 295 g/mol. The maximum absolute atomic E-state index is 13.4. The number of para-hydroxylation sites is 1. The highest BCUT2D eigenvalue weighted by atomic mass is 19.1. The minimum absolute atomic E-state index is 0.00690. The Bertz CT molecular complexity index is 514. The van der Waals surface area contributed by atoms with Gasteiger partial charge in [0.1, 0.15) is 6.54 Å². The average Bonchev–Trinajstić information content (AvgIpc) is 2.97. The summed E-state index contributed by atoms with van der Waals surface area (Å²) in [5.74, 6) is -2.03. The number of ether oxygens (including phenoxy) is 1. The van der Waals surface area contributed by atoms with E-state index >= 15 is 0 Å². The molecule has 6 heteroatoms. The lowest BCUT2D eigenvalue weighted by atomic mass is 10.2. The summed E-state index contributed by atoms with van der Waals surface area (Å²) in [5.41, 5.74) is 0. The molecule has 1 fully saturated rings. The van der Waals surface area contributed by atoms with E-state index in [1.54, 1.807) is 6.07 Å². The van der Waals surface area contributed by atoms with Gasteiger partial charge in [0.15, 0.2) is 18.2 Å². The second-order valence-electron chi connectivity index (χ2n) is 5.07. The van der Waals surface area contributed by atoms with Crippen molar-refractivity contribution < 1.29 is 23.8 Å². The first-order valence-corrected chi connectivity index (χ1v) is 6.96. The molecule has 0 heterocycles. The number of benzene rings is 1. The van der Waals surface area contributed by atoms with Crippen LogP contribution in [0.4, 0.5) is 4.39 Å². The van der Waals surface area contributed by atoms with Gasteiger partial charge in [0.2, 0.25) is 0 Å². The highest BCUT2D eigenvalue weighted by molar-refractivity contribution is 5.82. The van der Waals surface area contributed by atoms with Crippen molar-refractivity contribution in [3.05, 3.63) is 30.1 Å². The topological polar surface area (TPSA) is 66.8 Å². The van der Waals surface area contributed by atoms with E-state index in [4.69, 9.17) is 9.84 Å². The first-order chi connectivity index (χ1) is 10.1. The normalized spacial score (nSPS) is 14.9. The van der Waals surface area contributed by atoms with Gasteiger partial charge in [0, 0.05) is 6.04 Å². The number of carbonyl (C=O) groups excluding carboxylic acids is 1. The molecule has 114 valence electrons. The summed E-state index contributed by atoms with van der Waals surface area (Å²) in [6, 6.07) is 5.75. The van der Waals surface area contributed by atoms with Crippen LogP contribution in [0.25, 0.3) is 0 Å². The fourth-order valence-electron chi connectivity index (χ4n) is 2.57. The largest absolute Gasteiger partial charge is 0.481 e. The van der Waals surface area contributed by atoms with Gasteiger partial charge in [-0.05, 0) is 25.0 Å². The Balaban J connectivity index is 1.97. The Labute approximate surface area is 122 Å². The molecule has 0 radical (unpaired) electrons. The summed E-state index contributed by atoms with van der Waals surface area (Å²) >= 11 is 0. The van der Waals surface area contributed by atoms with E-state index in [0.717, 1.165) is 25.7 Å². The lowest BCUT2D eigenvalue weighted by molar-refractivity contribution is -0.147. The molecule has 1 amide bonds. The number of carboxylic acids is 1. The van der Waals surface area contributed by atoms with Gasteiger partial charge in [-0.15, -0.1) is 0 Å². The smallest absolute Gasteiger partial charge is 0.323 e. The zero-order valence-electron chi connectivity index (χ0n) is 11.6. The van der Waals surface area contributed by atoms with Crippen LogP contribution in [0, 0.1) is 5.82 Å². The van der Waals surface area contributed by atoms with Gasteiger partial charge in [-0.1, -0.05) is 25.0 Å². The van der Waals surface area contributed by atoms with Crippen LogP contribution in [0.3, 0.4) is 0 Å². The first kappa shape index (κ1) is 15.3. The zero-order chi connectivity index (χ0) is 15.2. The molecule has 1 aromatic rings. The van der Waals surface area contributed by atoms with Crippen LogP contribution in [0.15, 0.2) is 24.3 Å². The number of rotatable bonds is 6. The molecule has 1 N–H and O–H groups in total. The molecule has 1 aliphatic rings.